The fraction of sp³-hybridized carbons (Fsp3) is 0.476. The number of rotatable bonds is 4. The fourth-order valence-electron chi connectivity index (χ4n) is 3.77. The van der Waals surface area contributed by atoms with Crippen molar-refractivity contribution >= 4 is 23.4 Å². The Morgan fingerprint density at radius 2 is 1.36 bits per heavy atom. The van der Waals surface area contributed by atoms with Gasteiger partial charge in [0.2, 0.25) is 0 Å². The summed E-state index contributed by atoms with van der Waals surface area (Å²) in [5.74, 6) is 1.30. The van der Waals surface area contributed by atoms with Gasteiger partial charge in [0.1, 0.15) is 5.75 Å². The number of anilines is 3. The average Bonchev–Trinajstić information content (AvgIpc) is 2.80. The number of urea groups is 1. The van der Waals surface area contributed by atoms with Crippen molar-refractivity contribution in [3.63, 3.8) is 0 Å². The van der Waals surface area contributed by atoms with Crippen LogP contribution in [0.2, 0.25) is 0 Å². The Balaban J connectivity index is 1.26. The summed E-state index contributed by atoms with van der Waals surface area (Å²) < 4.78 is 40.6. The molecule has 9 nitrogen and oxygen atoms in total. The number of halogens is 3. The minimum absolute atomic E-state index is 0.310. The van der Waals surface area contributed by atoms with Gasteiger partial charge in [-0.2, -0.15) is 0 Å². The van der Waals surface area contributed by atoms with E-state index in [2.05, 4.69) is 42.0 Å². The lowest BCUT2D eigenvalue weighted by molar-refractivity contribution is -0.274. The molecule has 1 N–H and O–H groups in total. The van der Waals surface area contributed by atoms with Gasteiger partial charge in [0.25, 0.3) is 0 Å². The number of nitrogens with zero attached hydrogens (tertiary/aromatic N) is 6. The average molecular weight is 465 g/mol. The van der Waals surface area contributed by atoms with Gasteiger partial charge < -0.3 is 29.7 Å². The molecule has 2 aliphatic heterocycles. The van der Waals surface area contributed by atoms with Gasteiger partial charge in [0.05, 0.1) is 0 Å². The van der Waals surface area contributed by atoms with Gasteiger partial charge in [-0.3, -0.25) is 0 Å². The Labute approximate surface area is 189 Å². The maximum Gasteiger partial charge on any atom is 0.573 e. The van der Waals surface area contributed by atoms with Gasteiger partial charge in [-0.25, -0.2) is 4.79 Å². The van der Waals surface area contributed by atoms with Crippen LogP contribution in [-0.2, 0) is 0 Å². The van der Waals surface area contributed by atoms with Crippen molar-refractivity contribution in [3.05, 3.63) is 36.4 Å². The number of carbonyl (C=O) groups excluding carboxylic acids is 1. The van der Waals surface area contributed by atoms with Crippen molar-refractivity contribution in [2.24, 2.45) is 0 Å². The lowest BCUT2D eigenvalue weighted by Crippen LogP contribution is -2.50. The van der Waals surface area contributed by atoms with Gasteiger partial charge in [-0.15, -0.1) is 23.4 Å². The third-order valence-corrected chi connectivity index (χ3v) is 5.69. The first-order valence-electron chi connectivity index (χ1n) is 10.7. The predicted molar refractivity (Wildman–Crippen MR) is 118 cm³/mol. The van der Waals surface area contributed by atoms with Crippen LogP contribution in [0.5, 0.6) is 5.75 Å². The molecule has 0 radical (unpaired) electrons. The van der Waals surface area contributed by atoms with Gasteiger partial charge >= 0.3 is 12.4 Å². The maximum atomic E-state index is 12.5. The van der Waals surface area contributed by atoms with E-state index in [1.165, 1.54) is 12.1 Å². The minimum Gasteiger partial charge on any atom is -0.406 e. The molecule has 2 amide bonds. The molecule has 4 rings (SSSR count). The van der Waals surface area contributed by atoms with Crippen LogP contribution in [0.15, 0.2) is 36.4 Å². The maximum absolute atomic E-state index is 12.5. The second-order valence-electron chi connectivity index (χ2n) is 8.02. The van der Waals surface area contributed by atoms with E-state index in [0.717, 1.165) is 49.9 Å². The number of ether oxygens (including phenoxy) is 1. The molecule has 0 aliphatic carbocycles. The molecular formula is C21H26F3N7O2. The molecule has 178 valence electrons. The number of nitrogens with one attached hydrogen (secondary N) is 1. The van der Waals surface area contributed by atoms with E-state index >= 15 is 0 Å². The van der Waals surface area contributed by atoms with Gasteiger partial charge in [-0.1, -0.05) is 0 Å². The zero-order chi connectivity index (χ0) is 23.4. The van der Waals surface area contributed by atoms with Crippen LogP contribution >= 0.6 is 0 Å². The van der Waals surface area contributed by atoms with Crippen molar-refractivity contribution in [2.75, 3.05) is 74.5 Å². The van der Waals surface area contributed by atoms with Gasteiger partial charge in [0, 0.05) is 58.0 Å². The van der Waals surface area contributed by atoms with E-state index in [9.17, 15) is 18.0 Å². The lowest BCUT2D eigenvalue weighted by atomic mass is 10.3. The second kappa shape index (κ2) is 9.69. The van der Waals surface area contributed by atoms with E-state index in [4.69, 9.17) is 0 Å². The first-order valence-corrected chi connectivity index (χ1v) is 10.7. The van der Waals surface area contributed by atoms with Crippen LogP contribution in [0.3, 0.4) is 0 Å². The molecule has 12 heteroatoms. The summed E-state index contributed by atoms with van der Waals surface area (Å²) in [6.07, 6.45) is -4.75. The van der Waals surface area contributed by atoms with E-state index in [1.54, 1.807) is 4.90 Å². The van der Waals surface area contributed by atoms with E-state index in [0.29, 0.717) is 31.9 Å². The molecule has 0 unspecified atom stereocenters. The van der Waals surface area contributed by atoms with Crippen molar-refractivity contribution in [2.45, 2.75) is 6.36 Å². The van der Waals surface area contributed by atoms with Crippen LogP contribution in [0, 0.1) is 0 Å². The van der Waals surface area contributed by atoms with Crippen molar-refractivity contribution < 1.29 is 22.7 Å². The Morgan fingerprint density at radius 3 is 1.85 bits per heavy atom. The molecule has 2 aliphatic rings. The molecule has 0 spiro atoms. The van der Waals surface area contributed by atoms with Gasteiger partial charge in [-0.05, 0) is 43.4 Å². The van der Waals surface area contributed by atoms with Crippen LogP contribution in [0.25, 0.3) is 0 Å². The molecular weight excluding hydrogens is 439 g/mol. The molecule has 2 fully saturated rings. The number of hydrogen-bond donors (Lipinski definition) is 1. The number of likely N-dealkylation sites (N-methyl/N-ethyl adjacent to an activating group) is 1. The van der Waals surface area contributed by atoms with E-state index in [-0.39, 0.29) is 11.8 Å². The van der Waals surface area contributed by atoms with E-state index in [1.807, 2.05) is 12.1 Å². The smallest absolute Gasteiger partial charge is 0.406 e. The Hall–Kier alpha value is -3.28. The number of alkyl halides is 3. The molecule has 1 aromatic heterocycles. The Bertz CT molecular complexity index is 924. The molecule has 1 aromatic carbocycles. The summed E-state index contributed by atoms with van der Waals surface area (Å²) >= 11 is 0. The van der Waals surface area contributed by atoms with Crippen molar-refractivity contribution in [1.29, 1.82) is 0 Å². The zero-order valence-corrected chi connectivity index (χ0v) is 18.3. The molecule has 3 heterocycles. The monoisotopic (exact) mass is 465 g/mol. The second-order valence-corrected chi connectivity index (χ2v) is 8.02. The highest BCUT2D eigenvalue weighted by atomic mass is 19.4. The number of amides is 2. The number of carbonyl (C=O) groups is 1. The fourth-order valence-corrected chi connectivity index (χ4v) is 3.77. The summed E-state index contributed by atoms with van der Waals surface area (Å²) in [4.78, 5) is 20.8. The normalized spacial score (nSPS) is 17.8. The van der Waals surface area contributed by atoms with Crippen molar-refractivity contribution in [3.8, 4) is 5.75 Å². The molecule has 0 atom stereocenters. The largest absolute Gasteiger partial charge is 0.573 e. The summed E-state index contributed by atoms with van der Waals surface area (Å²) in [6, 6.07) is 8.69. The molecule has 0 bridgehead atoms. The van der Waals surface area contributed by atoms with Crippen molar-refractivity contribution in [1.82, 2.24) is 20.0 Å². The first-order chi connectivity index (χ1) is 15.8. The zero-order valence-electron chi connectivity index (χ0n) is 18.3. The number of benzene rings is 1. The SMILES string of the molecule is CN1CCN(c2ccc(N3CCN(C(=O)Nc4ccc(OC(F)(F)F)cc4)CC3)nn2)CC1. The van der Waals surface area contributed by atoms with Gasteiger partial charge in [0.15, 0.2) is 11.6 Å². The molecule has 2 aromatic rings. The highest BCUT2D eigenvalue weighted by Crippen LogP contribution is 2.24. The number of piperazine rings is 2. The van der Waals surface area contributed by atoms with Crippen LogP contribution in [0.1, 0.15) is 0 Å². The lowest BCUT2D eigenvalue weighted by Gasteiger charge is -2.35. The summed E-state index contributed by atoms with van der Waals surface area (Å²) in [5.41, 5.74) is 0.391. The standard InChI is InChI=1S/C21H26F3N7O2/c1-28-8-10-29(11-9-28)18-6-7-19(27-26-18)30-12-14-31(15-13-30)20(32)25-16-2-4-17(5-3-16)33-21(22,23)24/h2-7H,8-15H2,1H3,(H,25,32). The van der Waals surface area contributed by atoms with Crippen LogP contribution in [0.4, 0.5) is 35.3 Å². The predicted octanol–water partition coefficient (Wildman–Crippen LogP) is 2.48. The number of aromatic nitrogens is 2. The molecule has 0 saturated carbocycles. The highest BCUT2D eigenvalue weighted by molar-refractivity contribution is 5.89. The van der Waals surface area contributed by atoms with Crippen LogP contribution < -0.4 is 19.9 Å². The third kappa shape index (κ3) is 6.15. The molecule has 2 saturated heterocycles. The summed E-state index contributed by atoms with van der Waals surface area (Å²) in [7, 11) is 2.11. The molecule has 33 heavy (non-hydrogen) atoms. The minimum atomic E-state index is -4.75. The van der Waals surface area contributed by atoms with Crippen LogP contribution in [-0.4, -0.2) is 91.8 Å². The summed E-state index contributed by atoms with van der Waals surface area (Å²) in [5, 5.41) is 11.5. The van der Waals surface area contributed by atoms with E-state index < -0.39 is 6.36 Å². The Morgan fingerprint density at radius 1 is 0.848 bits per heavy atom. The Kier molecular flexibility index (Phi) is 6.72. The summed E-state index contributed by atoms with van der Waals surface area (Å²) in [6.45, 7) is 6.04. The first kappa shape index (κ1) is 22.9. The number of hydrogen-bond acceptors (Lipinski definition) is 7. The third-order valence-electron chi connectivity index (χ3n) is 5.69. The topological polar surface area (TPSA) is 77.1 Å². The quantitative estimate of drug-likeness (QED) is 0.744. The highest BCUT2D eigenvalue weighted by Gasteiger charge is 2.31.